The highest BCUT2D eigenvalue weighted by atomic mass is 32.2. The molecule has 0 radical (unpaired) electrons. The molecular weight excluding hydrogens is 332 g/mol. The number of piperidine rings is 1. The average molecular weight is 352 g/mol. The summed E-state index contributed by atoms with van der Waals surface area (Å²) in [7, 11) is -3.77. The first kappa shape index (κ1) is 16.9. The second-order valence-corrected chi connectivity index (χ2v) is 8.04. The van der Waals surface area contributed by atoms with Crippen molar-refractivity contribution < 1.29 is 8.42 Å². The van der Waals surface area contributed by atoms with Gasteiger partial charge in [0.15, 0.2) is 0 Å². The van der Waals surface area contributed by atoms with Crippen LogP contribution >= 0.6 is 0 Å². The van der Waals surface area contributed by atoms with Crippen molar-refractivity contribution in [2.24, 2.45) is 11.7 Å². The lowest BCUT2D eigenvalue weighted by Gasteiger charge is -2.38. The Morgan fingerprint density at radius 3 is 2.75 bits per heavy atom. The van der Waals surface area contributed by atoms with E-state index < -0.39 is 21.3 Å². The van der Waals surface area contributed by atoms with Gasteiger partial charge in [0.2, 0.25) is 10.0 Å². The van der Waals surface area contributed by atoms with Crippen LogP contribution in [0.15, 0.2) is 32.7 Å². The lowest BCUT2D eigenvalue weighted by atomic mass is 9.93. The van der Waals surface area contributed by atoms with Crippen molar-refractivity contribution in [2.45, 2.75) is 30.7 Å². The molecule has 0 spiro atoms. The maximum atomic E-state index is 13.0. The van der Waals surface area contributed by atoms with Gasteiger partial charge in [-0.1, -0.05) is 6.92 Å². The molecule has 1 aliphatic rings. The summed E-state index contributed by atoms with van der Waals surface area (Å²) in [4.78, 5) is 27.8. The Bertz CT molecular complexity index is 979. The van der Waals surface area contributed by atoms with Crippen LogP contribution in [0.1, 0.15) is 19.8 Å². The quantitative estimate of drug-likeness (QED) is 0.714. The Kier molecular flexibility index (Phi) is 4.33. The van der Waals surface area contributed by atoms with E-state index in [2.05, 4.69) is 9.97 Å². The number of nitrogens with two attached hydrogens (primary N) is 1. The number of benzene rings is 1. The molecule has 1 fully saturated rings. The van der Waals surface area contributed by atoms with Crippen molar-refractivity contribution in [3.8, 4) is 0 Å². The highest BCUT2D eigenvalue weighted by molar-refractivity contribution is 7.89. The van der Waals surface area contributed by atoms with Gasteiger partial charge in [0.25, 0.3) is 5.56 Å². The van der Waals surface area contributed by atoms with E-state index in [0.717, 1.165) is 12.8 Å². The highest BCUT2D eigenvalue weighted by Gasteiger charge is 2.36. The van der Waals surface area contributed by atoms with Crippen LogP contribution in [-0.2, 0) is 10.0 Å². The van der Waals surface area contributed by atoms with Crippen molar-refractivity contribution in [3.63, 3.8) is 0 Å². The van der Waals surface area contributed by atoms with Gasteiger partial charge < -0.3 is 10.7 Å². The Balaban J connectivity index is 2.11. The molecule has 4 N–H and O–H groups in total. The van der Waals surface area contributed by atoms with Gasteiger partial charge >= 0.3 is 5.69 Å². The van der Waals surface area contributed by atoms with E-state index in [-0.39, 0.29) is 28.8 Å². The molecule has 1 aliphatic heterocycles. The molecule has 8 nitrogen and oxygen atoms in total. The highest BCUT2D eigenvalue weighted by Crippen LogP contribution is 2.29. The summed E-state index contributed by atoms with van der Waals surface area (Å²) in [6.45, 7) is 2.66. The summed E-state index contributed by atoms with van der Waals surface area (Å²) in [6.07, 6.45) is 1.71. The number of fused-ring (bicyclic) bond motifs is 1. The second-order valence-electron chi connectivity index (χ2n) is 6.15. The summed E-state index contributed by atoms with van der Waals surface area (Å²) in [5, 5.41) is 0.130. The van der Waals surface area contributed by atoms with Gasteiger partial charge in [0.1, 0.15) is 0 Å². The molecule has 0 amide bonds. The zero-order chi connectivity index (χ0) is 17.5. The third-order valence-electron chi connectivity index (χ3n) is 4.62. The van der Waals surface area contributed by atoms with E-state index in [1.54, 1.807) is 0 Å². The number of nitrogens with one attached hydrogen (secondary N) is 2. The number of aromatic nitrogens is 2. The number of nitrogens with zero attached hydrogens (tertiary/aromatic N) is 1. The molecule has 0 saturated carbocycles. The molecule has 0 unspecified atom stereocenters. The van der Waals surface area contributed by atoms with Gasteiger partial charge in [-0.05, 0) is 37.0 Å². The molecule has 1 aromatic carbocycles. The molecule has 0 aliphatic carbocycles. The van der Waals surface area contributed by atoms with E-state index in [0.29, 0.717) is 12.1 Å². The summed E-state index contributed by atoms with van der Waals surface area (Å²) in [5.74, 6) is 0.179. The standard InChI is InChI=1S/C15H20N4O4S/c1-9-3-2-6-19(13(9)8-16)24(22,23)10-4-5-12-11(7-10)14(20)18-15(21)17-12/h4-5,7,9,13H,2-3,6,8,16H2,1H3,(H2,17,18,20,21)/t9-,13-/m0/s1. The third kappa shape index (κ3) is 2.79. The van der Waals surface area contributed by atoms with Gasteiger partial charge in [-0.3, -0.25) is 9.78 Å². The topological polar surface area (TPSA) is 129 Å². The predicted molar refractivity (Wildman–Crippen MR) is 90.3 cm³/mol. The summed E-state index contributed by atoms with van der Waals surface area (Å²) >= 11 is 0. The molecule has 2 aromatic rings. The minimum absolute atomic E-state index is 0.0279. The maximum Gasteiger partial charge on any atom is 0.326 e. The molecule has 1 aromatic heterocycles. The summed E-state index contributed by atoms with van der Waals surface area (Å²) < 4.78 is 27.5. The number of hydrogen-bond donors (Lipinski definition) is 3. The first-order valence-electron chi connectivity index (χ1n) is 7.83. The Labute approximate surface area is 138 Å². The Morgan fingerprint density at radius 2 is 2.04 bits per heavy atom. The molecule has 0 bridgehead atoms. The monoisotopic (exact) mass is 352 g/mol. The van der Waals surface area contributed by atoms with Crippen LogP contribution in [0.5, 0.6) is 0 Å². The maximum absolute atomic E-state index is 13.0. The molecule has 130 valence electrons. The minimum Gasteiger partial charge on any atom is -0.329 e. The first-order chi connectivity index (χ1) is 11.3. The number of hydrogen-bond acceptors (Lipinski definition) is 5. The third-order valence-corrected chi connectivity index (χ3v) is 6.54. The SMILES string of the molecule is C[C@H]1CCCN(S(=O)(=O)c2ccc3[nH]c(=O)[nH]c(=O)c3c2)[C@H]1CN. The van der Waals surface area contributed by atoms with Gasteiger partial charge in [-0.2, -0.15) is 4.31 Å². The smallest absolute Gasteiger partial charge is 0.326 e. The lowest BCUT2D eigenvalue weighted by molar-refractivity contribution is 0.192. The van der Waals surface area contributed by atoms with Crippen molar-refractivity contribution in [1.29, 1.82) is 0 Å². The van der Waals surface area contributed by atoms with Crippen LogP contribution < -0.4 is 17.0 Å². The van der Waals surface area contributed by atoms with Crippen LogP contribution in [-0.4, -0.2) is 41.8 Å². The fourth-order valence-electron chi connectivity index (χ4n) is 3.30. The Morgan fingerprint density at radius 1 is 1.29 bits per heavy atom. The van der Waals surface area contributed by atoms with Gasteiger partial charge in [0.05, 0.1) is 15.8 Å². The van der Waals surface area contributed by atoms with Crippen molar-refractivity contribution in [2.75, 3.05) is 13.1 Å². The van der Waals surface area contributed by atoms with Gasteiger partial charge in [-0.15, -0.1) is 0 Å². The van der Waals surface area contributed by atoms with Crippen molar-refractivity contribution in [1.82, 2.24) is 14.3 Å². The molecule has 2 atom stereocenters. The molecule has 1 saturated heterocycles. The molecule has 24 heavy (non-hydrogen) atoms. The zero-order valence-corrected chi connectivity index (χ0v) is 14.1. The van der Waals surface area contributed by atoms with Crippen LogP contribution in [0.4, 0.5) is 0 Å². The van der Waals surface area contributed by atoms with Gasteiger partial charge in [-0.25, -0.2) is 13.2 Å². The largest absolute Gasteiger partial charge is 0.329 e. The summed E-state index contributed by atoms with van der Waals surface area (Å²) in [6, 6.07) is 3.88. The van der Waals surface area contributed by atoms with Gasteiger partial charge in [0, 0.05) is 19.1 Å². The van der Waals surface area contributed by atoms with Crippen LogP contribution in [0, 0.1) is 5.92 Å². The van der Waals surface area contributed by atoms with E-state index in [4.69, 9.17) is 5.73 Å². The summed E-state index contributed by atoms with van der Waals surface area (Å²) in [5.41, 5.74) is 4.84. The van der Waals surface area contributed by atoms with Crippen molar-refractivity contribution >= 4 is 20.9 Å². The normalized spacial score (nSPS) is 22.8. The zero-order valence-electron chi connectivity index (χ0n) is 13.3. The lowest BCUT2D eigenvalue weighted by Crippen LogP contribution is -2.51. The minimum atomic E-state index is -3.77. The molecular formula is C15H20N4O4S. The van der Waals surface area contributed by atoms with E-state index in [1.165, 1.54) is 22.5 Å². The average Bonchev–Trinajstić information content (AvgIpc) is 2.54. The van der Waals surface area contributed by atoms with Crippen molar-refractivity contribution in [3.05, 3.63) is 39.0 Å². The molecule has 9 heteroatoms. The number of rotatable bonds is 3. The first-order valence-corrected chi connectivity index (χ1v) is 9.27. The van der Waals surface area contributed by atoms with Crippen LogP contribution in [0.25, 0.3) is 10.9 Å². The van der Waals surface area contributed by atoms with E-state index in [1.807, 2.05) is 6.92 Å². The second kappa shape index (κ2) is 6.15. The number of H-pyrrole nitrogens is 2. The fourth-order valence-corrected chi connectivity index (χ4v) is 5.10. The molecule has 3 rings (SSSR count). The Hall–Kier alpha value is -1.97. The van der Waals surface area contributed by atoms with E-state index >= 15 is 0 Å². The van der Waals surface area contributed by atoms with Crippen LogP contribution in [0.2, 0.25) is 0 Å². The fraction of sp³-hybridized carbons (Fsp3) is 0.467. The number of aromatic amines is 2. The number of sulfonamides is 1. The molecule has 2 heterocycles. The predicted octanol–water partition coefficient (Wildman–Crippen LogP) is -0.0357. The van der Waals surface area contributed by atoms with Crippen LogP contribution in [0.3, 0.4) is 0 Å². The van der Waals surface area contributed by atoms with E-state index in [9.17, 15) is 18.0 Å².